The number of carbonyl (C=O) groups is 1. The summed E-state index contributed by atoms with van der Waals surface area (Å²) < 4.78 is 5.31. The van der Waals surface area contributed by atoms with Gasteiger partial charge in [-0.15, -0.1) is 6.42 Å². The third-order valence-corrected chi connectivity index (χ3v) is 2.19. The normalized spacial score (nSPS) is 21.1. The Bertz CT molecular complexity index is 344. The lowest BCUT2D eigenvalue weighted by atomic mass is 10.0. The Morgan fingerprint density at radius 2 is 2.25 bits per heavy atom. The molecule has 0 spiro atoms. The van der Waals surface area contributed by atoms with Crippen LogP contribution < -0.4 is 0 Å². The van der Waals surface area contributed by atoms with Gasteiger partial charge in [-0.05, 0) is 26.7 Å². The van der Waals surface area contributed by atoms with Gasteiger partial charge < -0.3 is 9.64 Å². The second-order valence-electron chi connectivity index (χ2n) is 5.17. The van der Waals surface area contributed by atoms with Gasteiger partial charge in [0.05, 0.1) is 6.54 Å². The molecule has 1 aliphatic heterocycles. The Hall–Kier alpha value is -1.43. The van der Waals surface area contributed by atoms with Crippen molar-refractivity contribution in [3.63, 3.8) is 0 Å². The number of terminal acetylenes is 1. The lowest BCUT2D eigenvalue weighted by Gasteiger charge is -2.31. The first-order valence-electron chi connectivity index (χ1n) is 5.47. The highest BCUT2D eigenvalue weighted by molar-refractivity contribution is 5.69. The van der Waals surface area contributed by atoms with Gasteiger partial charge in [-0.2, -0.15) is 0 Å². The first kappa shape index (κ1) is 12.6. The van der Waals surface area contributed by atoms with Crippen molar-refractivity contribution in [3.8, 4) is 12.3 Å². The molecule has 1 aliphatic rings. The Balaban J connectivity index is 2.67. The molecule has 0 bridgehead atoms. The van der Waals surface area contributed by atoms with Gasteiger partial charge in [-0.1, -0.05) is 18.9 Å². The fraction of sp³-hybridized carbons (Fsp3) is 0.615. The minimum absolute atomic E-state index is 0.285. The highest BCUT2D eigenvalue weighted by Gasteiger charge is 2.25. The van der Waals surface area contributed by atoms with Crippen LogP contribution in [-0.4, -0.2) is 29.7 Å². The molecule has 0 saturated heterocycles. The third kappa shape index (κ3) is 3.62. The number of nitrogens with zero attached hydrogens (tertiary/aromatic N) is 1. The molecular weight excluding hydrogens is 202 g/mol. The van der Waals surface area contributed by atoms with Crippen LogP contribution in [0, 0.1) is 18.3 Å². The van der Waals surface area contributed by atoms with Crippen molar-refractivity contribution in [3.05, 3.63) is 11.6 Å². The van der Waals surface area contributed by atoms with E-state index in [0.29, 0.717) is 13.1 Å². The van der Waals surface area contributed by atoms with E-state index >= 15 is 0 Å². The summed E-state index contributed by atoms with van der Waals surface area (Å²) in [7, 11) is 0. The van der Waals surface area contributed by atoms with E-state index < -0.39 is 5.60 Å². The van der Waals surface area contributed by atoms with E-state index in [2.05, 4.69) is 5.92 Å². The first-order valence-corrected chi connectivity index (χ1v) is 5.47. The van der Waals surface area contributed by atoms with Crippen LogP contribution in [0.3, 0.4) is 0 Å². The van der Waals surface area contributed by atoms with Gasteiger partial charge >= 0.3 is 6.09 Å². The van der Waals surface area contributed by atoms with Gasteiger partial charge in [0.2, 0.25) is 0 Å². The average molecular weight is 221 g/mol. The predicted molar refractivity (Wildman–Crippen MR) is 63.9 cm³/mol. The lowest BCUT2D eigenvalue weighted by Crippen LogP contribution is -2.42. The first-order chi connectivity index (χ1) is 7.31. The number of carbonyl (C=O) groups excluding carboxylic acids is 1. The van der Waals surface area contributed by atoms with Crippen molar-refractivity contribution < 1.29 is 9.53 Å². The maximum Gasteiger partial charge on any atom is 0.410 e. The molecule has 0 aromatic rings. The molecule has 1 unspecified atom stereocenters. The number of ether oxygens (including phenoxy) is 1. The zero-order valence-electron chi connectivity index (χ0n) is 10.4. The van der Waals surface area contributed by atoms with E-state index in [9.17, 15) is 4.79 Å². The minimum atomic E-state index is -0.461. The molecule has 0 aromatic heterocycles. The average Bonchev–Trinajstić information content (AvgIpc) is 2.14. The summed E-state index contributed by atoms with van der Waals surface area (Å²) in [5.41, 5.74) is 0.391. The fourth-order valence-electron chi connectivity index (χ4n) is 1.63. The van der Waals surface area contributed by atoms with Gasteiger partial charge in [0.15, 0.2) is 0 Å². The van der Waals surface area contributed by atoms with Crippen LogP contribution in [0.15, 0.2) is 11.6 Å². The van der Waals surface area contributed by atoms with Crippen molar-refractivity contribution >= 4 is 6.09 Å². The molecule has 3 heteroatoms. The zero-order chi connectivity index (χ0) is 12.3. The topological polar surface area (TPSA) is 29.5 Å². The summed E-state index contributed by atoms with van der Waals surface area (Å²) in [4.78, 5) is 13.5. The third-order valence-electron chi connectivity index (χ3n) is 2.19. The summed E-state index contributed by atoms with van der Waals surface area (Å²) in [5, 5.41) is 0. The van der Waals surface area contributed by atoms with Gasteiger partial charge in [0, 0.05) is 12.1 Å². The number of hydrogen-bond acceptors (Lipinski definition) is 2. The molecule has 0 radical (unpaired) electrons. The maximum atomic E-state index is 11.8. The van der Waals surface area contributed by atoms with E-state index in [0.717, 1.165) is 5.57 Å². The Morgan fingerprint density at radius 1 is 1.62 bits per heavy atom. The summed E-state index contributed by atoms with van der Waals surface area (Å²) in [6.45, 7) is 8.76. The lowest BCUT2D eigenvalue weighted by molar-refractivity contribution is 0.0244. The molecule has 0 fully saturated rings. The summed E-state index contributed by atoms with van der Waals surface area (Å²) in [5.74, 6) is 2.88. The highest BCUT2D eigenvalue weighted by atomic mass is 16.6. The largest absolute Gasteiger partial charge is 0.444 e. The SMILES string of the molecule is C#CC1=CC(C)CN(C(=O)OC(C)(C)C)C1. The second-order valence-corrected chi connectivity index (χ2v) is 5.17. The number of rotatable bonds is 0. The minimum Gasteiger partial charge on any atom is -0.444 e. The predicted octanol–water partition coefficient (Wildman–Crippen LogP) is 2.43. The zero-order valence-corrected chi connectivity index (χ0v) is 10.4. The van der Waals surface area contributed by atoms with Crippen molar-refractivity contribution in [1.82, 2.24) is 4.90 Å². The summed E-state index contributed by atoms with van der Waals surface area (Å²) in [6, 6.07) is 0. The van der Waals surface area contributed by atoms with Crippen LogP contribution in [0.25, 0.3) is 0 Å². The highest BCUT2D eigenvalue weighted by Crippen LogP contribution is 2.17. The van der Waals surface area contributed by atoms with Crippen LogP contribution in [0.2, 0.25) is 0 Å². The van der Waals surface area contributed by atoms with Crippen molar-refractivity contribution in [2.45, 2.75) is 33.3 Å². The summed E-state index contributed by atoms with van der Waals surface area (Å²) >= 11 is 0. The second kappa shape index (κ2) is 4.61. The Morgan fingerprint density at radius 3 is 2.75 bits per heavy atom. The van der Waals surface area contributed by atoms with Gasteiger partial charge in [-0.3, -0.25) is 0 Å². The standard InChI is InChI=1S/C13H19NO2/c1-6-11-7-10(2)8-14(9-11)12(15)16-13(3,4)5/h1,7,10H,8-9H2,2-5H3. The van der Waals surface area contributed by atoms with Gasteiger partial charge in [0.1, 0.15) is 5.60 Å². The van der Waals surface area contributed by atoms with Crippen LogP contribution in [0.4, 0.5) is 4.79 Å². The monoisotopic (exact) mass is 221 g/mol. The molecule has 0 saturated carbocycles. The molecule has 88 valence electrons. The summed E-state index contributed by atoms with van der Waals surface area (Å²) in [6.07, 6.45) is 7.10. The Labute approximate surface area is 97.5 Å². The molecule has 3 nitrogen and oxygen atoms in total. The molecule has 1 amide bonds. The number of hydrogen-bond donors (Lipinski definition) is 0. The molecular formula is C13H19NO2. The maximum absolute atomic E-state index is 11.8. The molecule has 1 atom stereocenters. The fourth-order valence-corrected chi connectivity index (χ4v) is 1.63. The smallest absolute Gasteiger partial charge is 0.410 e. The molecule has 0 aromatic carbocycles. The van der Waals surface area contributed by atoms with Crippen molar-refractivity contribution in [2.75, 3.05) is 13.1 Å². The molecule has 0 N–H and O–H groups in total. The van der Waals surface area contributed by atoms with Crippen LogP contribution in [0.5, 0.6) is 0 Å². The molecule has 0 aliphatic carbocycles. The van der Waals surface area contributed by atoms with Crippen molar-refractivity contribution in [2.24, 2.45) is 5.92 Å². The van der Waals surface area contributed by atoms with E-state index in [1.807, 2.05) is 33.8 Å². The van der Waals surface area contributed by atoms with E-state index in [-0.39, 0.29) is 12.0 Å². The Kier molecular flexibility index (Phi) is 3.64. The van der Waals surface area contributed by atoms with Crippen LogP contribution >= 0.6 is 0 Å². The van der Waals surface area contributed by atoms with Gasteiger partial charge in [0.25, 0.3) is 0 Å². The van der Waals surface area contributed by atoms with Crippen LogP contribution in [0.1, 0.15) is 27.7 Å². The van der Waals surface area contributed by atoms with E-state index in [1.165, 1.54) is 0 Å². The van der Waals surface area contributed by atoms with E-state index in [1.54, 1.807) is 4.90 Å². The quantitative estimate of drug-likeness (QED) is 0.588. The number of amides is 1. The van der Waals surface area contributed by atoms with Crippen molar-refractivity contribution in [1.29, 1.82) is 0 Å². The molecule has 16 heavy (non-hydrogen) atoms. The molecule has 1 heterocycles. The van der Waals surface area contributed by atoms with Crippen LogP contribution in [-0.2, 0) is 4.74 Å². The van der Waals surface area contributed by atoms with E-state index in [4.69, 9.17) is 11.2 Å². The van der Waals surface area contributed by atoms with Gasteiger partial charge in [-0.25, -0.2) is 4.79 Å². The molecule has 1 rings (SSSR count).